The second-order valence-electron chi connectivity index (χ2n) is 4.47. The van der Waals surface area contributed by atoms with Gasteiger partial charge in [0.15, 0.2) is 0 Å². The van der Waals surface area contributed by atoms with Crippen LogP contribution in [-0.4, -0.2) is 11.6 Å². The van der Waals surface area contributed by atoms with Gasteiger partial charge in [-0.05, 0) is 30.2 Å². The Balaban J connectivity index is 1.89. The van der Waals surface area contributed by atoms with Gasteiger partial charge in [-0.3, -0.25) is 16.3 Å². The zero-order valence-electron chi connectivity index (χ0n) is 11.0. The summed E-state index contributed by atoms with van der Waals surface area (Å²) < 4.78 is 5.67. The third-order valence-electron chi connectivity index (χ3n) is 2.92. The number of nitrogens with two attached hydrogens (primary N) is 1. The van der Waals surface area contributed by atoms with Crippen LogP contribution in [0.1, 0.15) is 23.6 Å². The van der Waals surface area contributed by atoms with Gasteiger partial charge in [0, 0.05) is 18.8 Å². The van der Waals surface area contributed by atoms with E-state index in [2.05, 4.69) is 16.5 Å². The molecule has 4 nitrogen and oxygen atoms in total. The van der Waals surface area contributed by atoms with Crippen molar-refractivity contribution in [2.45, 2.75) is 19.4 Å². The maximum absolute atomic E-state index is 5.67. The fourth-order valence-electron chi connectivity index (χ4n) is 1.93. The molecule has 0 radical (unpaired) electrons. The molecule has 19 heavy (non-hydrogen) atoms. The van der Waals surface area contributed by atoms with Crippen LogP contribution >= 0.6 is 0 Å². The molecule has 2 rings (SSSR count). The minimum absolute atomic E-state index is 0.0520. The molecule has 1 atom stereocenters. The largest absolute Gasteiger partial charge is 0.494 e. The molecule has 0 saturated carbocycles. The van der Waals surface area contributed by atoms with Crippen LogP contribution in [0.3, 0.4) is 0 Å². The Morgan fingerprint density at radius 3 is 2.74 bits per heavy atom. The topological polar surface area (TPSA) is 60.2 Å². The summed E-state index contributed by atoms with van der Waals surface area (Å²) >= 11 is 0. The molecule has 1 aromatic heterocycles. The molecule has 0 bridgehead atoms. The van der Waals surface area contributed by atoms with Crippen LogP contribution in [0.25, 0.3) is 0 Å². The first-order valence-electron chi connectivity index (χ1n) is 6.35. The molecule has 0 spiro atoms. The fraction of sp³-hybridized carbons (Fsp3) is 0.267. The molecule has 100 valence electrons. The number of benzene rings is 1. The average molecular weight is 257 g/mol. The van der Waals surface area contributed by atoms with Gasteiger partial charge in [0.1, 0.15) is 5.75 Å². The van der Waals surface area contributed by atoms with E-state index in [0.29, 0.717) is 6.61 Å². The van der Waals surface area contributed by atoms with Crippen molar-refractivity contribution in [3.63, 3.8) is 0 Å². The standard InChI is InChI=1S/C15H19N3O/c1-12-9-13(11-17-10-12)15(18-16)7-8-19-14-5-3-2-4-6-14/h2-6,9-11,15,18H,7-8,16H2,1H3. The first kappa shape index (κ1) is 13.5. The molecule has 0 saturated heterocycles. The van der Waals surface area contributed by atoms with Crippen LogP contribution in [0.15, 0.2) is 48.8 Å². The van der Waals surface area contributed by atoms with Crippen molar-refractivity contribution in [3.8, 4) is 5.75 Å². The van der Waals surface area contributed by atoms with Gasteiger partial charge >= 0.3 is 0 Å². The number of hydrogen-bond acceptors (Lipinski definition) is 4. The molecular formula is C15H19N3O. The lowest BCUT2D eigenvalue weighted by Crippen LogP contribution is -2.29. The highest BCUT2D eigenvalue weighted by atomic mass is 16.5. The maximum Gasteiger partial charge on any atom is 0.119 e. The Morgan fingerprint density at radius 2 is 2.05 bits per heavy atom. The predicted molar refractivity (Wildman–Crippen MR) is 75.6 cm³/mol. The van der Waals surface area contributed by atoms with Gasteiger partial charge in [0.25, 0.3) is 0 Å². The molecule has 0 aliphatic carbocycles. The highest BCUT2D eigenvalue weighted by Crippen LogP contribution is 2.17. The molecule has 0 fully saturated rings. The van der Waals surface area contributed by atoms with Gasteiger partial charge in [-0.1, -0.05) is 24.3 Å². The van der Waals surface area contributed by atoms with E-state index in [1.165, 1.54) is 0 Å². The molecule has 0 aliphatic heterocycles. The Bertz CT molecular complexity index is 502. The number of aromatic nitrogens is 1. The highest BCUT2D eigenvalue weighted by Gasteiger charge is 2.10. The number of pyridine rings is 1. The lowest BCUT2D eigenvalue weighted by molar-refractivity contribution is 0.287. The maximum atomic E-state index is 5.67. The van der Waals surface area contributed by atoms with Gasteiger partial charge in [0.2, 0.25) is 0 Å². The van der Waals surface area contributed by atoms with Crippen molar-refractivity contribution in [2.75, 3.05) is 6.61 Å². The number of hydrazine groups is 1. The summed E-state index contributed by atoms with van der Waals surface area (Å²) in [6.45, 7) is 2.62. The first-order valence-corrected chi connectivity index (χ1v) is 6.35. The lowest BCUT2D eigenvalue weighted by Gasteiger charge is -2.16. The zero-order chi connectivity index (χ0) is 13.5. The SMILES string of the molecule is Cc1cncc(C(CCOc2ccccc2)NN)c1. The summed E-state index contributed by atoms with van der Waals surface area (Å²) in [6, 6.07) is 11.9. The molecule has 1 aromatic carbocycles. The van der Waals surface area contributed by atoms with Crippen molar-refractivity contribution >= 4 is 0 Å². The molecule has 3 N–H and O–H groups in total. The van der Waals surface area contributed by atoms with Crippen LogP contribution in [0.5, 0.6) is 5.75 Å². The number of rotatable bonds is 6. The fourth-order valence-corrected chi connectivity index (χ4v) is 1.93. The Labute approximate surface area is 113 Å². The van der Waals surface area contributed by atoms with E-state index >= 15 is 0 Å². The Kier molecular flexibility index (Phi) is 4.89. The Hall–Kier alpha value is -1.91. The lowest BCUT2D eigenvalue weighted by atomic mass is 10.1. The first-order chi connectivity index (χ1) is 9.29. The number of para-hydroxylation sites is 1. The molecule has 0 amide bonds. The molecular weight excluding hydrogens is 238 g/mol. The number of ether oxygens (including phenoxy) is 1. The van der Waals surface area contributed by atoms with Crippen LogP contribution in [0, 0.1) is 6.92 Å². The summed E-state index contributed by atoms with van der Waals surface area (Å²) in [5, 5.41) is 0. The van der Waals surface area contributed by atoms with Gasteiger partial charge in [-0.15, -0.1) is 0 Å². The zero-order valence-corrected chi connectivity index (χ0v) is 11.0. The molecule has 4 heteroatoms. The summed E-state index contributed by atoms with van der Waals surface area (Å²) in [5.74, 6) is 6.48. The van der Waals surface area contributed by atoms with E-state index in [4.69, 9.17) is 10.6 Å². The predicted octanol–water partition coefficient (Wildman–Crippen LogP) is 2.36. The van der Waals surface area contributed by atoms with Gasteiger partial charge in [-0.2, -0.15) is 0 Å². The second-order valence-corrected chi connectivity index (χ2v) is 4.47. The van der Waals surface area contributed by atoms with Crippen molar-refractivity contribution in [2.24, 2.45) is 5.84 Å². The van der Waals surface area contributed by atoms with E-state index in [-0.39, 0.29) is 6.04 Å². The molecule has 1 heterocycles. The molecule has 2 aromatic rings. The highest BCUT2D eigenvalue weighted by molar-refractivity contribution is 5.22. The second kappa shape index (κ2) is 6.87. The van der Waals surface area contributed by atoms with Gasteiger partial charge in [0.05, 0.1) is 12.6 Å². The number of aryl methyl sites for hydroxylation is 1. The average Bonchev–Trinajstić information content (AvgIpc) is 2.45. The van der Waals surface area contributed by atoms with Crippen LogP contribution in [-0.2, 0) is 0 Å². The van der Waals surface area contributed by atoms with Crippen LogP contribution < -0.4 is 16.0 Å². The summed E-state index contributed by atoms with van der Waals surface area (Å²) in [6.07, 6.45) is 4.45. The third-order valence-corrected chi connectivity index (χ3v) is 2.92. The van der Waals surface area contributed by atoms with Crippen molar-refractivity contribution < 1.29 is 4.74 Å². The number of nitrogens with one attached hydrogen (secondary N) is 1. The summed E-state index contributed by atoms with van der Waals surface area (Å²) in [5.41, 5.74) is 5.02. The summed E-state index contributed by atoms with van der Waals surface area (Å²) in [4.78, 5) is 4.18. The smallest absolute Gasteiger partial charge is 0.119 e. The summed E-state index contributed by atoms with van der Waals surface area (Å²) in [7, 11) is 0. The van der Waals surface area contributed by atoms with E-state index in [1.54, 1.807) is 0 Å². The van der Waals surface area contributed by atoms with Crippen LogP contribution in [0.4, 0.5) is 0 Å². The van der Waals surface area contributed by atoms with Gasteiger partial charge < -0.3 is 4.74 Å². The molecule has 0 aliphatic rings. The van der Waals surface area contributed by atoms with E-state index in [0.717, 1.165) is 23.3 Å². The van der Waals surface area contributed by atoms with Crippen molar-refractivity contribution in [1.82, 2.24) is 10.4 Å². The van der Waals surface area contributed by atoms with E-state index in [1.807, 2.05) is 49.6 Å². The van der Waals surface area contributed by atoms with E-state index < -0.39 is 0 Å². The number of hydrogen-bond donors (Lipinski definition) is 2. The number of nitrogens with zero attached hydrogens (tertiary/aromatic N) is 1. The van der Waals surface area contributed by atoms with Crippen molar-refractivity contribution in [1.29, 1.82) is 0 Å². The van der Waals surface area contributed by atoms with Gasteiger partial charge in [-0.25, -0.2) is 0 Å². The monoisotopic (exact) mass is 257 g/mol. The quantitative estimate of drug-likeness (QED) is 0.616. The van der Waals surface area contributed by atoms with Crippen molar-refractivity contribution in [3.05, 3.63) is 59.9 Å². The van der Waals surface area contributed by atoms with Crippen LogP contribution in [0.2, 0.25) is 0 Å². The minimum atomic E-state index is 0.0520. The molecule has 1 unspecified atom stereocenters. The minimum Gasteiger partial charge on any atom is -0.494 e. The van der Waals surface area contributed by atoms with E-state index in [9.17, 15) is 0 Å². The normalized spacial score (nSPS) is 12.1. The third kappa shape index (κ3) is 4.05. The Morgan fingerprint density at radius 1 is 1.26 bits per heavy atom.